The molecule has 0 aliphatic rings. The molecule has 6 nitrogen and oxygen atoms in total. The molecule has 0 saturated heterocycles. The van der Waals surface area contributed by atoms with Crippen LogP contribution in [0.15, 0.2) is 54.7 Å². The number of fused-ring (bicyclic) bond motifs is 2. The molecule has 25 heavy (non-hydrogen) atoms. The van der Waals surface area contributed by atoms with Crippen LogP contribution in [0.5, 0.6) is 0 Å². The average molecular weight is 333 g/mol. The molecule has 0 radical (unpaired) electrons. The van der Waals surface area contributed by atoms with Crippen molar-refractivity contribution >= 4 is 27.8 Å². The van der Waals surface area contributed by atoms with Gasteiger partial charge in [0.25, 0.3) is 0 Å². The Labute approximate surface area is 144 Å². The van der Waals surface area contributed by atoms with Crippen molar-refractivity contribution in [1.29, 1.82) is 0 Å². The smallest absolute Gasteiger partial charge is 0.224 e. The van der Waals surface area contributed by atoms with Crippen molar-refractivity contribution in [1.82, 2.24) is 25.3 Å². The highest BCUT2D eigenvalue weighted by molar-refractivity contribution is 5.88. The molecule has 0 saturated carbocycles. The Morgan fingerprint density at radius 2 is 2.00 bits per heavy atom. The summed E-state index contributed by atoms with van der Waals surface area (Å²) in [6, 6.07) is 15.8. The number of carbonyl (C=O) groups excluding carboxylic acids is 1. The number of rotatable bonds is 5. The molecule has 126 valence electrons. The summed E-state index contributed by atoms with van der Waals surface area (Å²) in [7, 11) is 0. The summed E-state index contributed by atoms with van der Waals surface area (Å²) in [5, 5.41) is 12.4. The standard InChI is InChI=1S/C19H19N5O/c1-13(12-24-18-9-5-4-8-17(18)22-23-24)21-19(25)10-14-11-20-16-7-3-2-6-15(14)16/h2-9,11,13,20H,10,12H2,1H3,(H,21,25)/t13-/m1/s1. The molecule has 0 aliphatic heterocycles. The Bertz CT molecular complexity index is 1030. The Kier molecular flexibility index (Phi) is 3.93. The van der Waals surface area contributed by atoms with Gasteiger partial charge in [0.1, 0.15) is 5.52 Å². The zero-order valence-electron chi connectivity index (χ0n) is 13.9. The summed E-state index contributed by atoms with van der Waals surface area (Å²) >= 11 is 0. The van der Waals surface area contributed by atoms with E-state index in [9.17, 15) is 4.79 Å². The quantitative estimate of drug-likeness (QED) is 0.589. The molecule has 2 N–H and O–H groups in total. The molecule has 6 heteroatoms. The minimum absolute atomic E-state index is 0.00155. The second-order valence-corrected chi connectivity index (χ2v) is 6.27. The van der Waals surface area contributed by atoms with Crippen LogP contribution in [0.25, 0.3) is 21.9 Å². The summed E-state index contributed by atoms with van der Waals surface area (Å²) in [5.74, 6) is 0.00155. The molecule has 4 aromatic rings. The summed E-state index contributed by atoms with van der Waals surface area (Å²) in [4.78, 5) is 15.6. The number of hydrogen-bond donors (Lipinski definition) is 2. The van der Waals surface area contributed by atoms with E-state index in [4.69, 9.17) is 0 Å². The minimum atomic E-state index is -0.0391. The van der Waals surface area contributed by atoms with Gasteiger partial charge in [-0.1, -0.05) is 35.5 Å². The fraction of sp³-hybridized carbons (Fsp3) is 0.211. The van der Waals surface area contributed by atoms with Crippen LogP contribution >= 0.6 is 0 Å². The highest BCUT2D eigenvalue weighted by atomic mass is 16.1. The van der Waals surface area contributed by atoms with Gasteiger partial charge < -0.3 is 10.3 Å². The number of nitrogens with one attached hydrogen (secondary N) is 2. The number of benzene rings is 2. The van der Waals surface area contributed by atoms with Crippen LogP contribution in [0.3, 0.4) is 0 Å². The molecule has 0 spiro atoms. The van der Waals surface area contributed by atoms with Gasteiger partial charge in [-0.05, 0) is 30.7 Å². The van der Waals surface area contributed by atoms with Gasteiger partial charge >= 0.3 is 0 Å². The van der Waals surface area contributed by atoms with Crippen molar-refractivity contribution in [3.8, 4) is 0 Å². The van der Waals surface area contributed by atoms with Gasteiger partial charge in [-0.15, -0.1) is 5.10 Å². The first-order valence-electron chi connectivity index (χ1n) is 8.33. The fourth-order valence-electron chi connectivity index (χ4n) is 3.13. The predicted octanol–water partition coefficient (Wildman–Crippen LogP) is 2.66. The molecule has 0 aliphatic carbocycles. The summed E-state index contributed by atoms with van der Waals surface area (Å²) in [6.07, 6.45) is 2.26. The topological polar surface area (TPSA) is 75.6 Å². The summed E-state index contributed by atoms with van der Waals surface area (Å²) < 4.78 is 1.83. The van der Waals surface area contributed by atoms with E-state index in [0.29, 0.717) is 13.0 Å². The van der Waals surface area contributed by atoms with Crippen LogP contribution in [0.2, 0.25) is 0 Å². The van der Waals surface area contributed by atoms with Gasteiger partial charge in [-0.2, -0.15) is 0 Å². The minimum Gasteiger partial charge on any atom is -0.361 e. The van der Waals surface area contributed by atoms with Gasteiger partial charge in [-0.25, -0.2) is 4.68 Å². The number of aromatic amines is 1. The average Bonchev–Trinajstić information content (AvgIpc) is 3.20. The Morgan fingerprint density at radius 1 is 1.20 bits per heavy atom. The molecule has 2 aromatic heterocycles. The fourth-order valence-corrected chi connectivity index (χ4v) is 3.13. The molecule has 0 unspecified atom stereocenters. The lowest BCUT2D eigenvalue weighted by molar-refractivity contribution is -0.121. The molecular weight excluding hydrogens is 314 g/mol. The lowest BCUT2D eigenvalue weighted by atomic mass is 10.1. The Morgan fingerprint density at radius 3 is 2.92 bits per heavy atom. The highest BCUT2D eigenvalue weighted by Crippen LogP contribution is 2.18. The number of H-pyrrole nitrogens is 1. The SMILES string of the molecule is C[C@H](Cn1nnc2ccccc21)NC(=O)Cc1c[nH]c2ccccc12. The number of aromatic nitrogens is 4. The number of nitrogens with zero attached hydrogens (tertiary/aromatic N) is 3. The van der Waals surface area contributed by atoms with Crippen molar-refractivity contribution < 1.29 is 4.79 Å². The Hall–Kier alpha value is -3.15. The monoisotopic (exact) mass is 333 g/mol. The van der Waals surface area contributed by atoms with E-state index in [0.717, 1.165) is 27.5 Å². The molecule has 1 atom stereocenters. The van der Waals surface area contributed by atoms with E-state index in [2.05, 4.69) is 20.6 Å². The van der Waals surface area contributed by atoms with Crippen LogP contribution < -0.4 is 5.32 Å². The van der Waals surface area contributed by atoms with Crippen molar-refractivity contribution in [3.63, 3.8) is 0 Å². The van der Waals surface area contributed by atoms with Crippen molar-refractivity contribution in [2.75, 3.05) is 0 Å². The predicted molar refractivity (Wildman–Crippen MR) is 97.1 cm³/mol. The summed E-state index contributed by atoms with van der Waals surface area (Å²) in [6.45, 7) is 2.56. The number of para-hydroxylation sites is 2. The molecule has 0 bridgehead atoms. The third kappa shape index (κ3) is 3.10. The van der Waals surface area contributed by atoms with Gasteiger partial charge in [0.2, 0.25) is 5.91 Å². The first-order valence-corrected chi connectivity index (χ1v) is 8.33. The normalized spacial score (nSPS) is 12.5. The molecule has 0 fully saturated rings. The van der Waals surface area contributed by atoms with Crippen molar-refractivity contribution in [2.24, 2.45) is 0 Å². The lowest BCUT2D eigenvalue weighted by Gasteiger charge is -2.14. The first-order chi connectivity index (χ1) is 12.2. The third-order valence-corrected chi connectivity index (χ3v) is 4.30. The number of amides is 1. The third-order valence-electron chi connectivity index (χ3n) is 4.30. The van der Waals surface area contributed by atoms with Crippen LogP contribution in [-0.2, 0) is 17.8 Å². The Balaban J connectivity index is 1.42. The molecule has 2 aromatic carbocycles. The van der Waals surface area contributed by atoms with Gasteiger partial charge in [0.05, 0.1) is 18.5 Å². The van der Waals surface area contributed by atoms with Gasteiger partial charge in [-0.3, -0.25) is 4.79 Å². The second kappa shape index (κ2) is 6.39. The van der Waals surface area contributed by atoms with E-state index in [1.165, 1.54) is 0 Å². The van der Waals surface area contributed by atoms with Crippen LogP contribution in [0.1, 0.15) is 12.5 Å². The zero-order chi connectivity index (χ0) is 17.2. The first kappa shape index (κ1) is 15.4. The maximum absolute atomic E-state index is 12.4. The second-order valence-electron chi connectivity index (χ2n) is 6.27. The van der Waals surface area contributed by atoms with Crippen molar-refractivity contribution in [2.45, 2.75) is 25.9 Å². The lowest BCUT2D eigenvalue weighted by Crippen LogP contribution is -2.36. The maximum Gasteiger partial charge on any atom is 0.224 e. The van der Waals surface area contributed by atoms with E-state index in [1.807, 2.05) is 66.3 Å². The van der Waals surface area contributed by atoms with E-state index >= 15 is 0 Å². The zero-order valence-corrected chi connectivity index (χ0v) is 13.9. The molecule has 1 amide bonds. The van der Waals surface area contributed by atoms with E-state index in [1.54, 1.807) is 0 Å². The van der Waals surface area contributed by atoms with Crippen LogP contribution in [0.4, 0.5) is 0 Å². The highest BCUT2D eigenvalue weighted by Gasteiger charge is 2.13. The largest absolute Gasteiger partial charge is 0.361 e. The maximum atomic E-state index is 12.4. The summed E-state index contributed by atoms with van der Waals surface area (Å²) in [5.41, 5.74) is 3.89. The van der Waals surface area contributed by atoms with Gasteiger partial charge in [0.15, 0.2) is 0 Å². The molecule has 4 rings (SSSR count). The number of carbonyl (C=O) groups is 1. The van der Waals surface area contributed by atoms with Gasteiger partial charge in [0, 0.05) is 23.1 Å². The van der Waals surface area contributed by atoms with Crippen molar-refractivity contribution in [3.05, 3.63) is 60.3 Å². The van der Waals surface area contributed by atoms with E-state index in [-0.39, 0.29) is 11.9 Å². The van der Waals surface area contributed by atoms with Crippen LogP contribution in [0, 0.1) is 0 Å². The van der Waals surface area contributed by atoms with E-state index < -0.39 is 0 Å². The number of hydrogen-bond acceptors (Lipinski definition) is 3. The van der Waals surface area contributed by atoms with Crippen LogP contribution in [-0.4, -0.2) is 31.9 Å². The molecular formula is C19H19N5O. The molecule has 2 heterocycles.